The molecule has 0 spiro atoms. The molecule has 150 valence electrons. The van der Waals surface area contributed by atoms with Gasteiger partial charge in [-0.2, -0.15) is 13.2 Å². The predicted molar refractivity (Wildman–Crippen MR) is 97.8 cm³/mol. The molecule has 2 aromatic rings. The fourth-order valence-corrected chi connectivity index (χ4v) is 3.35. The Bertz CT molecular complexity index is 956. The molecule has 0 saturated carbocycles. The van der Waals surface area contributed by atoms with Crippen LogP contribution in [0.25, 0.3) is 6.08 Å². The highest BCUT2D eigenvalue weighted by Gasteiger charge is 2.39. The second-order valence-electron chi connectivity index (χ2n) is 6.52. The first kappa shape index (κ1) is 20.2. The molecule has 2 heterocycles. The zero-order chi connectivity index (χ0) is 20.5. The Balaban J connectivity index is 1.66. The lowest BCUT2D eigenvalue weighted by Gasteiger charge is -2.30. The summed E-state index contributed by atoms with van der Waals surface area (Å²) in [5.41, 5.74) is -0.0946. The van der Waals surface area contributed by atoms with E-state index >= 15 is 0 Å². The van der Waals surface area contributed by atoms with Gasteiger partial charge in [0.25, 0.3) is 0 Å². The lowest BCUT2D eigenvalue weighted by atomic mass is 10.1. The minimum Gasteiger partial charge on any atom is -0.339 e. The molecule has 10 heteroatoms. The second kappa shape index (κ2) is 7.83. The van der Waals surface area contributed by atoms with Gasteiger partial charge in [0.2, 0.25) is 11.7 Å². The van der Waals surface area contributed by atoms with E-state index in [-0.39, 0.29) is 5.91 Å². The van der Waals surface area contributed by atoms with Gasteiger partial charge in [-0.3, -0.25) is 9.36 Å². The molecule has 28 heavy (non-hydrogen) atoms. The monoisotopic (exact) mass is 414 g/mol. The number of benzene rings is 1. The summed E-state index contributed by atoms with van der Waals surface area (Å²) in [6, 6.07) is 6.62. The van der Waals surface area contributed by atoms with Crippen LogP contribution in [0.1, 0.15) is 30.3 Å². The van der Waals surface area contributed by atoms with E-state index in [4.69, 9.17) is 11.6 Å². The van der Waals surface area contributed by atoms with Gasteiger partial charge in [0.1, 0.15) is 0 Å². The maximum Gasteiger partial charge on any atom is 0.451 e. The van der Waals surface area contributed by atoms with Crippen molar-refractivity contribution in [2.45, 2.75) is 25.1 Å². The fraction of sp³-hybridized carbons (Fsp3) is 0.389. The van der Waals surface area contributed by atoms with Crippen LogP contribution in [0.5, 0.6) is 0 Å². The van der Waals surface area contributed by atoms with Crippen molar-refractivity contribution >= 4 is 23.6 Å². The number of hydrogen-bond donors (Lipinski definition) is 0. The first-order chi connectivity index (χ1) is 13.2. The Morgan fingerprint density at radius 2 is 1.89 bits per heavy atom. The van der Waals surface area contributed by atoms with Gasteiger partial charge in [0.15, 0.2) is 0 Å². The molecule has 6 nitrogen and oxygen atoms in total. The van der Waals surface area contributed by atoms with Crippen molar-refractivity contribution in [3.05, 3.63) is 57.2 Å². The molecule has 0 unspecified atom stereocenters. The number of likely N-dealkylation sites (tertiary alicyclic amines) is 1. The minimum absolute atomic E-state index is 0.220. The number of carbonyl (C=O) groups excluding carboxylic acids is 1. The standard InChI is InChI=1S/C18H18ClF3N4O2/c1-24-16(18(20,21)22)23-26(17(24)28)13-8-10-25(11-9-13)15(27)7-6-12-4-2-3-5-14(12)19/h2-7,13H,8-11H2,1H3. The minimum atomic E-state index is -4.70. The summed E-state index contributed by atoms with van der Waals surface area (Å²) in [6.07, 6.45) is -0.967. The van der Waals surface area contributed by atoms with Crippen molar-refractivity contribution in [1.82, 2.24) is 19.2 Å². The first-order valence-corrected chi connectivity index (χ1v) is 9.00. The van der Waals surface area contributed by atoms with E-state index in [0.717, 1.165) is 11.7 Å². The number of alkyl halides is 3. The quantitative estimate of drug-likeness (QED) is 0.725. The van der Waals surface area contributed by atoms with Crippen LogP contribution < -0.4 is 5.69 Å². The molecular formula is C18H18ClF3N4O2. The van der Waals surface area contributed by atoms with Gasteiger partial charge in [-0.05, 0) is 30.5 Å². The Hall–Kier alpha value is -2.55. The van der Waals surface area contributed by atoms with Crippen LogP contribution in [0.4, 0.5) is 13.2 Å². The number of halogens is 4. The molecule has 0 radical (unpaired) electrons. The Morgan fingerprint density at radius 3 is 2.46 bits per heavy atom. The highest BCUT2D eigenvalue weighted by molar-refractivity contribution is 6.32. The van der Waals surface area contributed by atoms with Crippen LogP contribution in [0.2, 0.25) is 5.02 Å². The Labute approximate surface area is 163 Å². The maximum atomic E-state index is 12.9. The van der Waals surface area contributed by atoms with E-state index in [1.807, 2.05) is 0 Å². The molecule has 1 aromatic heterocycles. The number of nitrogens with zero attached hydrogens (tertiary/aromatic N) is 4. The van der Waals surface area contributed by atoms with Crippen molar-refractivity contribution in [2.24, 2.45) is 7.05 Å². The van der Waals surface area contributed by atoms with Crippen LogP contribution in [-0.2, 0) is 18.0 Å². The Morgan fingerprint density at radius 1 is 1.25 bits per heavy atom. The first-order valence-electron chi connectivity index (χ1n) is 8.62. The summed E-state index contributed by atoms with van der Waals surface area (Å²) in [6.45, 7) is 0.640. The van der Waals surface area contributed by atoms with Crippen LogP contribution in [-0.4, -0.2) is 38.2 Å². The molecule has 1 fully saturated rings. The van der Waals surface area contributed by atoms with Gasteiger partial charge in [-0.25, -0.2) is 9.48 Å². The number of amides is 1. The largest absolute Gasteiger partial charge is 0.451 e. The topological polar surface area (TPSA) is 60.1 Å². The molecule has 0 bridgehead atoms. The third-order valence-electron chi connectivity index (χ3n) is 4.69. The van der Waals surface area contributed by atoms with Gasteiger partial charge in [-0.1, -0.05) is 29.8 Å². The smallest absolute Gasteiger partial charge is 0.339 e. The molecule has 0 atom stereocenters. The van der Waals surface area contributed by atoms with Gasteiger partial charge < -0.3 is 4.90 Å². The molecule has 0 aliphatic carbocycles. The summed E-state index contributed by atoms with van der Waals surface area (Å²) in [7, 11) is 1.05. The Kier molecular flexibility index (Phi) is 5.64. The number of hydrogen-bond acceptors (Lipinski definition) is 3. The molecule has 1 aromatic carbocycles. The van der Waals surface area contributed by atoms with Crippen molar-refractivity contribution in [3.63, 3.8) is 0 Å². The average molecular weight is 415 g/mol. The van der Waals surface area contributed by atoms with Crippen molar-refractivity contribution in [2.75, 3.05) is 13.1 Å². The molecular weight excluding hydrogens is 397 g/mol. The van der Waals surface area contributed by atoms with Gasteiger partial charge in [-0.15, -0.1) is 5.10 Å². The van der Waals surface area contributed by atoms with E-state index in [1.54, 1.807) is 35.2 Å². The molecule has 1 amide bonds. The maximum absolute atomic E-state index is 12.9. The fourth-order valence-electron chi connectivity index (χ4n) is 3.15. The highest BCUT2D eigenvalue weighted by atomic mass is 35.5. The predicted octanol–water partition coefficient (Wildman–Crippen LogP) is 3.13. The van der Waals surface area contributed by atoms with Crippen LogP contribution in [0.15, 0.2) is 35.1 Å². The molecule has 3 rings (SSSR count). The van der Waals surface area contributed by atoms with Crippen molar-refractivity contribution in [1.29, 1.82) is 0 Å². The van der Waals surface area contributed by atoms with Gasteiger partial charge in [0.05, 0.1) is 6.04 Å². The van der Waals surface area contributed by atoms with E-state index in [1.165, 1.54) is 6.08 Å². The summed E-state index contributed by atoms with van der Waals surface area (Å²) in [5.74, 6) is -1.44. The second-order valence-corrected chi connectivity index (χ2v) is 6.93. The van der Waals surface area contributed by atoms with E-state index in [0.29, 0.717) is 41.1 Å². The van der Waals surface area contributed by atoms with Crippen LogP contribution >= 0.6 is 11.6 Å². The number of piperidine rings is 1. The van der Waals surface area contributed by atoms with E-state index in [2.05, 4.69) is 5.10 Å². The highest BCUT2D eigenvalue weighted by Crippen LogP contribution is 2.28. The van der Waals surface area contributed by atoms with Gasteiger partial charge in [0, 0.05) is 31.2 Å². The lowest BCUT2D eigenvalue weighted by molar-refractivity contribution is -0.147. The molecule has 0 N–H and O–H groups in total. The summed E-state index contributed by atoms with van der Waals surface area (Å²) < 4.78 is 40.2. The van der Waals surface area contributed by atoms with E-state index in [9.17, 15) is 22.8 Å². The van der Waals surface area contributed by atoms with Gasteiger partial charge >= 0.3 is 11.9 Å². The normalized spacial score (nSPS) is 16.1. The van der Waals surface area contributed by atoms with Crippen LogP contribution in [0, 0.1) is 0 Å². The summed E-state index contributed by atoms with van der Waals surface area (Å²) in [5, 5.41) is 4.00. The molecule has 1 aliphatic heterocycles. The van der Waals surface area contributed by atoms with E-state index < -0.39 is 23.7 Å². The third kappa shape index (κ3) is 4.14. The number of carbonyl (C=O) groups is 1. The summed E-state index contributed by atoms with van der Waals surface area (Å²) in [4.78, 5) is 26.0. The average Bonchev–Trinajstić information content (AvgIpc) is 2.96. The number of rotatable bonds is 3. The SMILES string of the molecule is Cn1c(C(F)(F)F)nn(C2CCN(C(=O)C=Cc3ccccc3Cl)CC2)c1=O. The lowest BCUT2D eigenvalue weighted by Crippen LogP contribution is -2.40. The molecule has 1 saturated heterocycles. The van der Waals surface area contributed by atoms with Crippen LogP contribution in [0.3, 0.4) is 0 Å². The van der Waals surface area contributed by atoms with Crippen molar-refractivity contribution in [3.8, 4) is 0 Å². The zero-order valence-electron chi connectivity index (χ0n) is 15.0. The third-order valence-corrected chi connectivity index (χ3v) is 5.03. The molecule has 1 aliphatic rings. The van der Waals surface area contributed by atoms with Crippen molar-refractivity contribution < 1.29 is 18.0 Å². The number of aromatic nitrogens is 3. The summed E-state index contributed by atoms with van der Waals surface area (Å²) >= 11 is 6.04. The zero-order valence-corrected chi connectivity index (χ0v) is 15.7.